The molecule has 1 heterocycles. The van der Waals surface area contributed by atoms with Crippen LogP contribution in [-0.2, 0) is 9.47 Å². The fourth-order valence-corrected chi connectivity index (χ4v) is 1.59. The smallest absolute Gasteiger partial charge is 0.422 e. The van der Waals surface area contributed by atoms with E-state index in [0.29, 0.717) is 5.56 Å². The molecule has 0 radical (unpaired) electrons. The lowest BCUT2D eigenvalue weighted by Gasteiger charge is -2.11. The van der Waals surface area contributed by atoms with E-state index in [1.807, 2.05) is 0 Å². The highest BCUT2D eigenvalue weighted by Crippen LogP contribution is 2.31. The first-order chi connectivity index (χ1) is 8.11. The molecule has 0 saturated carbocycles. The van der Waals surface area contributed by atoms with Crippen LogP contribution in [0.4, 0.5) is 10.5 Å². The lowest BCUT2D eigenvalue weighted by Crippen LogP contribution is -2.11. The highest BCUT2D eigenvalue weighted by Gasteiger charge is 2.35. The van der Waals surface area contributed by atoms with Gasteiger partial charge in [0.05, 0.1) is 4.92 Å². The summed E-state index contributed by atoms with van der Waals surface area (Å²) in [7, 11) is 0. The van der Waals surface area contributed by atoms with E-state index < -0.39 is 23.3 Å². The van der Waals surface area contributed by atoms with Crippen LogP contribution in [0.3, 0.4) is 0 Å². The van der Waals surface area contributed by atoms with E-state index in [9.17, 15) is 14.9 Å². The first-order valence-electron chi connectivity index (χ1n) is 4.86. The molecular weight excluding hydrogens is 226 g/mol. The van der Waals surface area contributed by atoms with Crippen molar-refractivity contribution in [2.24, 2.45) is 0 Å². The second kappa shape index (κ2) is 4.25. The van der Waals surface area contributed by atoms with E-state index in [2.05, 4.69) is 6.58 Å². The fraction of sp³-hybridized carbons (Fsp3) is 0.182. The zero-order chi connectivity index (χ0) is 12.4. The number of nitro groups is 1. The molecule has 0 bridgehead atoms. The van der Waals surface area contributed by atoms with E-state index >= 15 is 0 Å². The zero-order valence-corrected chi connectivity index (χ0v) is 8.74. The summed E-state index contributed by atoms with van der Waals surface area (Å²) in [6.07, 6.45) is -0.472. The standard InChI is InChI=1S/C11H9NO5/c1-2-9-10(17-11(13)16-9)7-3-5-8(6-4-7)12(14)15/h2-6,9-10H,1H2/t9-,10+/m0/s1. The van der Waals surface area contributed by atoms with Gasteiger partial charge in [-0.05, 0) is 23.8 Å². The van der Waals surface area contributed by atoms with Gasteiger partial charge in [-0.1, -0.05) is 6.58 Å². The third-order valence-electron chi connectivity index (χ3n) is 2.42. The van der Waals surface area contributed by atoms with Crippen LogP contribution in [0.25, 0.3) is 0 Å². The lowest BCUT2D eigenvalue weighted by atomic mass is 10.0. The summed E-state index contributed by atoms with van der Waals surface area (Å²) in [6, 6.07) is 5.76. The maximum absolute atomic E-state index is 11.0. The summed E-state index contributed by atoms with van der Waals surface area (Å²) >= 11 is 0. The first-order valence-corrected chi connectivity index (χ1v) is 4.86. The Morgan fingerprint density at radius 3 is 2.47 bits per heavy atom. The summed E-state index contributed by atoms with van der Waals surface area (Å²) in [6.45, 7) is 3.53. The predicted molar refractivity (Wildman–Crippen MR) is 57.4 cm³/mol. The van der Waals surface area contributed by atoms with Gasteiger partial charge in [0.15, 0.2) is 12.2 Å². The lowest BCUT2D eigenvalue weighted by molar-refractivity contribution is -0.384. The Kier molecular flexibility index (Phi) is 2.78. The molecule has 1 aliphatic rings. The maximum Gasteiger partial charge on any atom is 0.509 e. The van der Waals surface area contributed by atoms with E-state index in [0.717, 1.165) is 0 Å². The van der Waals surface area contributed by atoms with Gasteiger partial charge in [0, 0.05) is 12.1 Å². The number of nitrogens with zero attached hydrogens (tertiary/aromatic N) is 1. The molecule has 0 aromatic heterocycles. The first kappa shape index (κ1) is 11.1. The highest BCUT2D eigenvalue weighted by atomic mass is 16.8. The SMILES string of the molecule is C=C[C@@H]1OC(=O)O[C@@H]1c1ccc([N+](=O)[O-])cc1. The minimum atomic E-state index is -0.766. The molecule has 1 saturated heterocycles. The third kappa shape index (κ3) is 2.10. The van der Waals surface area contributed by atoms with Crippen LogP contribution in [-0.4, -0.2) is 17.2 Å². The van der Waals surface area contributed by atoms with Crippen molar-refractivity contribution in [1.29, 1.82) is 0 Å². The molecule has 1 aromatic carbocycles. The van der Waals surface area contributed by atoms with Gasteiger partial charge in [0.1, 0.15) is 0 Å². The number of carbonyl (C=O) groups is 1. The third-order valence-corrected chi connectivity index (χ3v) is 2.42. The van der Waals surface area contributed by atoms with Crippen molar-refractivity contribution in [2.75, 3.05) is 0 Å². The highest BCUT2D eigenvalue weighted by molar-refractivity contribution is 5.63. The molecule has 6 heteroatoms. The number of benzene rings is 1. The Hall–Kier alpha value is -2.37. The molecule has 88 valence electrons. The number of hydrogen-bond acceptors (Lipinski definition) is 5. The van der Waals surface area contributed by atoms with E-state index in [1.54, 1.807) is 0 Å². The van der Waals surface area contributed by atoms with Crippen LogP contribution >= 0.6 is 0 Å². The molecule has 0 spiro atoms. The summed E-state index contributed by atoms with van der Waals surface area (Å²) in [5.74, 6) is 0. The van der Waals surface area contributed by atoms with Gasteiger partial charge in [0.2, 0.25) is 0 Å². The van der Waals surface area contributed by atoms with Crippen molar-refractivity contribution in [3.8, 4) is 0 Å². The van der Waals surface area contributed by atoms with Crippen molar-refractivity contribution in [1.82, 2.24) is 0 Å². The summed E-state index contributed by atoms with van der Waals surface area (Å²) < 4.78 is 9.79. The second-order valence-corrected chi connectivity index (χ2v) is 3.46. The Morgan fingerprint density at radius 2 is 1.94 bits per heavy atom. The van der Waals surface area contributed by atoms with Gasteiger partial charge in [-0.2, -0.15) is 0 Å². The van der Waals surface area contributed by atoms with E-state index in [-0.39, 0.29) is 5.69 Å². The topological polar surface area (TPSA) is 78.7 Å². The van der Waals surface area contributed by atoms with Crippen molar-refractivity contribution >= 4 is 11.8 Å². The van der Waals surface area contributed by atoms with Crippen LogP contribution in [0.1, 0.15) is 11.7 Å². The fourth-order valence-electron chi connectivity index (χ4n) is 1.59. The van der Waals surface area contributed by atoms with E-state index in [1.165, 1.54) is 30.3 Å². The largest absolute Gasteiger partial charge is 0.509 e. The molecule has 1 fully saturated rings. The molecule has 2 atom stereocenters. The van der Waals surface area contributed by atoms with Crippen LogP contribution in [0.2, 0.25) is 0 Å². The minimum absolute atomic E-state index is 0.0193. The number of nitro benzene ring substituents is 1. The molecule has 0 unspecified atom stereocenters. The molecule has 1 aromatic rings. The monoisotopic (exact) mass is 235 g/mol. The summed E-state index contributed by atoms with van der Waals surface area (Å²) in [5.41, 5.74) is 0.612. The average molecular weight is 235 g/mol. The molecule has 2 rings (SSSR count). The molecule has 0 N–H and O–H groups in total. The Morgan fingerprint density at radius 1 is 1.29 bits per heavy atom. The number of carbonyl (C=O) groups excluding carboxylic acids is 1. The average Bonchev–Trinajstić information content (AvgIpc) is 2.70. The minimum Gasteiger partial charge on any atom is -0.422 e. The Balaban J connectivity index is 2.25. The van der Waals surface area contributed by atoms with Gasteiger partial charge < -0.3 is 9.47 Å². The van der Waals surface area contributed by atoms with Gasteiger partial charge in [0.25, 0.3) is 5.69 Å². The van der Waals surface area contributed by atoms with Crippen molar-refractivity contribution in [2.45, 2.75) is 12.2 Å². The van der Waals surface area contributed by atoms with Crippen LogP contribution in [0.5, 0.6) is 0 Å². The van der Waals surface area contributed by atoms with Crippen molar-refractivity contribution in [3.05, 3.63) is 52.6 Å². The van der Waals surface area contributed by atoms with Crippen molar-refractivity contribution in [3.63, 3.8) is 0 Å². The molecule has 0 aliphatic carbocycles. The van der Waals surface area contributed by atoms with Crippen molar-refractivity contribution < 1.29 is 19.2 Å². The number of non-ortho nitro benzene ring substituents is 1. The number of hydrogen-bond donors (Lipinski definition) is 0. The molecule has 17 heavy (non-hydrogen) atoms. The van der Waals surface area contributed by atoms with Gasteiger partial charge in [-0.3, -0.25) is 10.1 Å². The molecule has 0 amide bonds. The Labute approximate surface area is 96.6 Å². The quantitative estimate of drug-likeness (QED) is 0.348. The van der Waals surface area contributed by atoms with Gasteiger partial charge in [-0.25, -0.2) is 4.79 Å². The predicted octanol–water partition coefficient (Wildman–Crippen LogP) is 2.36. The summed E-state index contributed by atoms with van der Waals surface area (Å²) in [4.78, 5) is 21.0. The normalized spacial score (nSPS) is 22.7. The molecule has 1 aliphatic heterocycles. The van der Waals surface area contributed by atoms with Crippen LogP contribution in [0, 0.1) is 10.1 Å². The number of cyclic esters (lactones) is 2. The van der Waals surface area contributed by atoms with Gasteiger partial charge >= 0.3 is 6.16 Å². The number of ether oxygens (including phenoxy) is 2. The molecule has 6 nitrogen and oxygen atoms in total. The zero-order valence-electron chi connectivity index (χ0n) is 8.74. The van der Waals surface area contributed by atoms with Gasteiger partial charge in [-0.15, -0.1) is 0 Å². The van der Waals surface area contributed by atoms with Crippen LogP contribution < -0.4 is 0 Å². The maximum atomic E-state index is 11.0. The molecular formula is C11H9NO5. The van der Waals surface area contributed by atoms with E-state index in [4.69, 9.17) is 9.47 Å². The second-order valence-electron chi connectivity index (χ2n) is 3.46. The Bertz CT molecular complexity index is 467. The van der Waals surface area contributed by atoms with Crippen LogP contribution in [0.15, 0.2) is 36.9 Å². The number of rotatable bonds is 3. The summed E-state index contributed by atoms with van der Waals surface area (Å²) in [5, 5.41) is 10.5.